The number of sulfone groups is 1. The van der Waals surface area contributed by atoms with Crippen LogP contribution in [0.2, 0.25) is 0 Å². The molecule has 0 spiro atoms. The molecule has 0 bridgehead atoms. The molecule has 1 N–H and O–H groups in total. The lowest BCUT2D eigenvalue weighted by Crippen LogP contribution is -2.24. The number of rotatable bonds is 3. The molecule has 3 rings (SSSR count). The lowest BCUT2D eigenvalue weighted by atomic mass is 9.90. The van der Waals surface area contributed by atoms with Crippen LogP contribution < -0.4 is 4.74 Å². The normalized spacial score (nSPS) is 17.1. The summed E-state index contributed by atoms with van der Waals surface area (Å²) in [5.41, 5.74) is 2.23. The average molecular weight is 363 g/mol. The van der Waals surface area contributed by atoms with E-state index < -0.39 is 21.9 Å². The van der Waals surface area contributed by atoms with Crippen molar-refractivity contribution in [3.63, 3.8) is 0 Å². The van der Waals surface area contributed by atoms with Crippen molar-refractivity contribution in [1.29, 1.82) is 0 Å². The number of fused-ring (bicyclic) bond motifs is 1. The maximum absolute atomic E-state index is 13.6. The van der Waals surface area contributed by atoms with Crippen LogP contribution in [0.4, 0.5) is 4.39 Å². The SMILES string of the molecule is COc1ccc(S(C)(=O)=O)cc1C1=CN(C)C(O)c2cc(F)ccc21. The minimum Gasteiger partial charge on any atom is -0.496 e. The second-order valence-corrected chi connectivity index (χ2v) is 7.96. The maximum atomic E-state index is 13.6. The largest absolute Gasteiger partial charge is 0.496 e. The molecule has 0 aliphatic carbocycles. The second-order valence-electron chi connectivity index (χ2n) is 5.95. The van der Waals surface area contributed by atoms with Gasteiger partial charge >= 0.3 is 0 Å². The Balaban J connectivity index is 2.27. The Hall–Kier alpha value is -2.38. The van der Waals surface area contributed by atoms with Crippen LogP contribution in [-0.2, 0) is 9.84 Å². The third-order valence-electron chi connectivity index (χ3n) is 4.19. The van der Waals surface area contributed by atoms with Crippen molar-refractivity contribution in [2.75, 3.05) is 20.4 Å². The van der Waals surface area contributed by atoms with Crippen molar-refractivity contribution < 1.29 is 22.7 Å². The molecule has 0 fully saturated rings. The van der Waals surface area contributed by atoms with Crippen molar-refractivity contribution in [2.24, 2.45) is 0 Å². The number of aliphatic hydroxyl groups excluding tert-OH is 1. The molecular weight excluding hydrogens is 345 g/mol. The summed E-state index contributed by atoms with van der Waals surface area (Å²) < 4.78 is 42.8. The Labute approximate surface area is 145 Å². The van der Waals surface area contributed by atoms with E-state index in [2.05, 4.69) is 0 Å². The van der Waals surface area contributed by atoms with Crippen molar-refractivity contribution in [3.05, 3.63) is 65.1 Å². The molecule has 25 heavy (non-hydrogen) atoms. The first-order valence-corrected chi connectivity index (χ1v) is 9.41. The fraction of sp³-hybridized carbons (Fsp3) is 0.222. The molecule has 0 saturated heterocycles. The van der Waals surface area contributed by atoms with Crippen LogP contribution in [0.1, 0.15) is 22.9 Å². The highest BCUT2D eigenvalue weighted by atomic mass is 32.2. The monoisotopic (exact) mass is 363 g/mol. The molecule has 7 heteroatoms. The zero-order chi connectivity index (χ0) is 18.4. The molecule has 0 saturated carbocycles. The molecule has 1 aliphatic heterocycles. The number of aliphatic hydroxyl groups is 1. The summed E-state index contributed by atoms with van der Waals surface area (Å²) in [4.78, 5) is 1.69. The first kappa shape index (κ1) is 17.4. The molecule has 0 amide bonds. The predicted molar refractivity (Wildman–Crippen MR) is 92.3 cm³/mol. The second kappa shape index (κ2) is 6.16. The number of methoxy groups -OCH3 is 1. The smallest absolute Gasteiger partial charge is 0.175 e. The topological polar surface area (TPSA) is 66.8 Å². The van der Waals surface area contributed by atoms with Crippen molar-refractivity contribution >= 4 is 15.4 Å². The summed E-state index contributed by atoms with van der Waals surface area (Å²) >= 11 is 0. The van der Waals surface area contributed by atoms with E-state index in [4.69, 9.17) is 4.74 Å². The van der Waals surface area contributed by atoms with E-state index in [0.29, 0.717) is 28.0 Å². The van der Waals surface area contributed by atoms with Crippen molar-refractivity contribution in [3.8, 4) is 5.75 Å². The van der Waals surface area contributed by atoms with Gasteiger partial charge in [0.25, 0.3) is 0 Å². The van der Waals surface area contributed by atoms with Gasteiger partial charge in [0.15, 0.2) is 16.1 Å². The van der Waals surface area contributed by atoms with Gasteiger partial charge in [0, 0.05) is 36.2 Å². The highest BCUT2D eigenvalue weighted by Crippen LogP contribution is 2.40. The van der Waals surface area contributed by atoms with Gasteiger partial charge in [0.1, 0.15) is 11.6 Å². The lowest BCUT2D eigenvalue weighted by Gasteiger charge is -2.31. The fourth-order valence-electron chi connectivity index (χ4n) is 2.90. The summed E-state index contributed by atoms with van der Waals surface area (Å²) in [5, 5.41) is 10.3. The summed E-state index contributed by atoms with van der Waals surface area (Å²) in [7, 11) is -0.252. The number of nitrogens with zero attached hydrogens (tertiary/aromatic N) is 1. The van der Waals surface area contributed by atoms with Gasteiger partial charge in [0.2, 0.25) is 0 Å². The number of benzene rings is 2. The molecule has 1 aliphatic rings. The van der Waals surface area contributed by atoms with E-state index in [1.165, 1.54) is 36.3 Å². The van der Waals surface area contributed by atoms with Gasteiger partial charge in [-0.05, 0) is 35.9 Å². The summed E-state index contributed by atoms with van der Waals surface area (Å²) in [5.74, 6) is 0.0306. The first-order chi connectivity index (χ1) is 11.7. The highest BCUT2D eigenvalue weighted by molar-refractivity contribution is 7.90. The highest BCUT2D eigenvalue weighted by Gasteiger charge is 2.26. The zero-order valence-electron chi connectivity index (χ0n) is 14.0. The third-order valence-corrected chi connectivity index (χ3v) is 5.30. The average Bonchev–Trinajstić information content (AvgIpc) is 2.57. The molecule has 2 aromatic rings. The maximum Gasteiger partial charge on any atom is 0.175 e. The molecule has 0 radical (unpaired) electrons. The summed E-state index contributed by atoms with van der Waals surface area (Å²) in [6.07, 6.45) is 1.83. The van der Waals surface area contributed by atoms with Gasteiger partial charge in [-0.2, -0.15) is 0 Å². The minimum atomic E-state index is -3.40. The van der Waals surface area contributed by atoms with Crippen LogP contribution >= 0.6 is 0 Å². The van der Waals surface area contributed by atoms with Crippen LogP contribution in [0.5, 0.6) is 5.75 Å². The van der Waals surface area contributed by atoms with Crippen molar-refractivity contribution in [2.45, 2.75) is 11.1 Å². The standard InChI is InChI=1S/C18H18FNO4S/c1-20-10-16(13-6-4-11(19)8-15(13)18(20)21)14-9-12(25(3,22)23)5-7-17(14)24-2/h4-10,18,21H,1-3H3. The molecule has 132 valence electrons. The number of ether oxygens (including phenoxy) is 1. The molecule has 2 aromatic carbocycles. The predicted octanol–water partition coefficient (Wildman–Crippen LogP) is 2.56. The summed E-state index contributed by atoms with van der Waals surface area (Å²) in [6, 6.07) is 8.73. The van der Waals surface area contributed by atoms with Crippen LogP contribution in [0.3, 0.4) is 0 Å². The quantitative estimate of drug-likeness (QED) is 0.908. The number of hydrogen-bond acceptors (Lipinski definition) is 5. The van der Waals surface area contributed by atoms with E-state index in [1.54, 1.807) is 25.4 Å². The van der Waals surface area contributed by atoms with Gasteiger partial charge in [-0.1, -0.05) is 6.07 Å². The van der Waals surface area contributed by atoms with Crippen LogP contribution in [0, 0.1) is 5.82 Å². The van der Waals surface area contributed by atoms with E-state index in [-0.39, 0.29) is 4.90 Å². The first-order valence-electron chi connectivity index (χ1n) is 7.52. The van der Waals surface area contributed by atoms with Crippen molar-refractivity contribution in [1.82, 2.24) is 4.90 Å². The van der Waals surface area contributed by atoms with E-state index >= 15 is 0 Å². The molecule has 5 nitrogen and oxygen atoms in total. The Bertz CT molecular complexity index is 969. The van der Waals surface area contributed by atoms with Crippen LogP contribution in [0.25, 0.3) is 5.57 Å². The van der Waals surface area contributed by atoms with Gasteiger partial charge in [-0.25, -0.2) is 12.8 Å². The lowest BCUT2D eigenvalue weighted by molar-refractivity contribution is 0.0519. The van der Waals surface area contributed by atoms with Gasteiger partial charge in [0.05, 0.1) is 12.0 Å². The van der Waals surface area contributed by atoms with Gasteiger partial charge in [-0.15, -0.1) is 0 Å². The third kappa shape index (κ3) is 3.12. The minimum absolute atomic E-state index is 0.154. The molecule has 1 unspecified atom stereocenters. The fourth-order valence-corrected chi connectivity index (χ4v) is 3.55. The van der Waals surface area contributed by atoms with E-state index in [0.717, 1.165) is 6.26 Å². The Morgan fingerprint density at radius 1 is 1.16 bits per heavy atom. The Kier molecular flexibility index (Phi) is 4.30. The van der Waals surface area contributed by atoms with E-state index in [1.807, 2.05) is 0 Å². The zero-order valence-corrected chi connectivity index (χ0v) is 14.8. The molecule has 0 aromatic heterocycles. The van der Waals surface area contributed by atoms with Gasteiger partial charge < -0.3 is 14.7 Å². The number of hydrogen-bond donors (Lipinski definition) is 1. The molecular formula is C18H18FNO4S. The Morgan fingerprint density at radius 2 is 1.88 bits per heavy atom. The summed E-state index contributed by atoms with van der Waals surface area (Å²) in [6.45, 7) is 0. The molecule has 1 atom stereocenters. The Morgan fingerprint density at radius 3 is 2.52 bits per heavy atom. The van der Waals surface area contributed by atoms with Crippen LogP contribution in [0.15, 0.2) is 47.5 Å². The molecule has 1 heterocycles. The van der Waals surface area contributed by atoms with E-state index in [9.17, 15) is 17.9 Å². The number of halogens is 1. The van der Waals surface area contributed by atoms with Crippen LogP contribution in [-0.4, -0.2) is 38.8 Å². The van der Waals surface area contributed by atoms with Gasteiger partial charge in [-0.3, -0.25) is 0 Å².